The highest BCUT2D eigenvalue weighted by molar-refractivity contribution is 5.81. The Morgan fingerprint density at radius 3 is 2.80 bits per heavy atom. The lowest BCUT2D eigenvalue weighted by molar-refractivity contribution is 0.290. The first-order chi connectivity index (χ1) is 9.78. The maximum atomic E-state index is 13.5. The maximum Gasteiger partial charge on any atom is 0.165 e. The van der Waals surface area contributed by atoms with Crippen molar-refractivity contribution in [3.8, 4) is 5.75 Å². The van der Waals surface area contributed by atoms with Gasteiger partial charge in [0.25, 0.3) is 0 Å². The molecule has 0 amide bonds. The predicted octanol–water partition coefficient (Wildman–Crippen LogP) is 3.61. The van der Waals surface area contributed by atoms with Crippen molar-refractivity contribution in [2.45, 2.75) is 13.2 Å². The van der Waals surface area contributed by atoms with Crippen molar-refractivity contribution >= 4 is 11.0 Å². The molecule has 0 saturated heterocycles. The number of hydrogen-bond donors (Lipinski definition) is 1. The number of furan rings is 1. The highest BCUT2D eigenvalue weighted by atomic mass is 19.1. The molecule has 20 heavy (non-hydrogen) atoms. The van der Waals surface area contributed by atoms with Crippen molar-refractivity contribution < 1.29 is 13.5 Å². The number of nitrogens with two attached hydrogens (primary N) is 1. The van der Waals surface area contributed by atoms with Crippen LogP contribution in [0.25, 0.3) is 11.0 Å². The van der Waals surface area contributed by atoms with Gasteiger partial charge in [-0.25, -0.2) is 4.39 Å². The Balaban J connectivity index is 1.83. The SMILES string of the molecule is NCc1ccc2c(COc3ccccc3F)coc2c1. The molecule has 1 aromatic heterocycles. The number of fused-ring (bicyclic) bond motifs is 1. The summed E-state index contributed by atoms with van der Waals surface area (Å²) >= 11 is 0. The van der Waals surface area contributed by atoms with Crippen molar-refractivity contribution in [3.63, 3.8) is 0 Å². The van der Waals surface area contributed by atoms with E-state index in [4.69, 9.17) is 14.9 Å². The van der Waals surface area contributed by atoms with Crippen LogP contribution in [-0.2, 0) is 13.2 Å². The molecule has 102 valence electrons. The number of hydrogen-bond acceptors (Lipinski definition) is 3. The first-order valence-electron chi connectivity index (χ1n) is 6.34. The van der Waals surface area contributed by atoms with Gasteiger partial charge in [0.1, 0.15) is 12.2 Å². The van der Waals surface area contributed by atoms with Gasteiger partial charge in [-0.15, -0.1) is 0 Å². The normalized spacial score (nSPS) is 10.9. The maximum absolute atomic E-state index is 13.5. The van der Waals surface area contributed by atoms with Gasteiger partial charge in [-0.05, 0) is 23.8 Å². The molecule has 0 saturated carbocycles. The first kappa shape index (κ1) is 12.7. The molecule has 0 aliphatic rings. The Bertz CT molecular complexity index is 736. The Labute approximate surface area is 115 Å². The molecule has 0 bridgehead atoms. The molecule has 3 aromatic rings. The van der Waals surface area contributed by atoms with Crippen LogP contribution in [0.1, 0.15) is 11.1 Å². The zero-order valence-corrected chi connectivity index (χ0v) is 10.8. The summed E-state index contributed by atoms with van der Waals surface area (Å²) in [5, 5.41) is 0.957. The molecule has 0 fully saturated rings. The summed E-state index contributed by atoms with van der Waals surface area (Å²) in [5.41, 5.74) is 8.24. The third-order valence-electron chi connectivity index (χ3n) is 3.18. The largest absolute Gasteiger partial charge is 0.486 e. The van der Waals surface area contributed by atoms with Crippen molar-refractivity contribution in [1.82, 2.24) is 0 Å². The van der Waals surface area contributed by atoms with Gasteiger partial charge in [-0.1, -0.05) is 24.3 Å². The summed E-state index contributed by atoms with van der Waals surface area (Å²) in [5.74, 6) is -0.133. The summed E-state index contributed by atoms with van der Waals surface area (Å²) in [6, 6.07) is 12.1. The fourth-order valence-electron chi connectivity index (χ4n) is 2.08. The second-order valence-electron chi connectivity index (χ2n) is 4.51. The molecule has 0 atom stereocenters. The second-order valence-corrected chi connectivity index (χ2v) is 4.51. The first-order valence-corrected chi connectivity index (χ1v) is 6.34. The Hall–Kier alpha value is -2.33. The van der Waals surface area contributed by atoms with Crippen molar-refractivity contribution in [1.29, 1.82) is 0 Å². The molecule has 2 aromatic carbocycles. The summed E-state index contributed by atoms with van der Waals surface area (Å²) in [7, 11) is 0. The van der Waals surface area contributed by atoms with E-state index in [-0.39, 0.29) is 18.2 Å². The van der Waals surface area contributed by atoms with Crippen LogP contribution in [0.5, 0.6) is 5.75 Å². The lowest BCUT2D eigenvalue weighted by Crippen LogP contribution is -1.97. The third kappa shape index (κ3) is 2.38. The number of rotatable bonds is 4. The molecule has 0 spiro atoms. The second kappa shape index (κ2) is 5.35. The van der Waals surface area contributed by atoms with Gasteiger partial charge in [-0.2, -0.15) is 0 Å². The summed E-state index contributed by atoms with van der Waals surface area (Å²) < 4.78 is 24.4. The average Bonchev–Trinajstić information content (AvgIpc) is 2.88. The van der Waals surface area contributed by atoms with E-state index in [9.17, 15) is 4.39 Å². The Morgan fingerprint density at radius 1 is 1.15 bits per heavy atom. The minimum atomic E-state index is -0.370. The van der Waals surface area contributed by atoms with E-state index in [0.717, 1.165) is 22.1 Å². The quantitative estimate of drug-likeness (QED) is 0.788. The van der Waals surface area contributed by atoms with Gasteiger partial charge in [0, 0.05) is 17.5 Å². The van der Waals surface area contributed by atoms with Crippen molar-refractivity contribution in [2.24, 2.45) is 5.73 Å². The zero-order chi connectivity index (χ0) is 13.9. The minimum Gasteiger partial charge on any atom is -0.486 e. The van der Waals surface area contributed by atoms with Crippen LogP contribution in [0, 0.1) is 5.82 Å². The monoisotopic (exact) mass is 271 g/mol. The number of halogens is 1. The van der Waals surface area contributed by atoms with Gasteiger partial charge in [0.15, 0.2) is 11.6 Å². The third-order valence-corrected chi connectivity index (χ3v) is 3.18. The van der Waals surface area contributed by atoms with Gasteiger partial charge in [0.05, 0.1) is 6.26 Å². The number of para-hydroxylation sites is 1. The van der Waals surface area contributed by atoms with Crippen LogP contribution >= 0.6 is 0 Å². The van der Waals surface area contributed by atoms with E-state index in [2.05, 4.69) is 0 Å². The van der Waals surface area contributed by atoms with Crippen molar-refractivity contribution in [3.05, 3.63) is 65.7 Å². The predicted molar refractivity (Wildman–Crippen MR) is 74.8 cm³/mol. The van der Waals surface area contributed by atoms with Crippen molar-refractivity contribution in [2.75, 3.05) is 0 Å². The molecule has 0 unspecified atom stereocenters. The lowest BCUT2D eigenvalue weighted by Gasteiger charge is -2.05. The highest BCUT2D eigenvalue weighted by Crippen LogP contribution is 2.24. The van der Waals surface area contributed by atoms with E-state index in [0.29, 0.717) is 6.54 Å². The fraction of sp³-hybridized carbons (Fsp3) is 0.125. The van der Waals surface area contributed by atoms with Gasteiger partial charge >= 0.3 is 0 Å². The molecule has 0 aliphatic heterocycles. The summed E-state index contributed by atoms with van der Waals surface area (Å²) in [6.45, 7) is 0.730. The van der Waals surface area contributed by atoms with Crippen LogP contribution < -0.4 is 10.5 Å². The topological polar surface area (TPSA) is 48.4 Å². The molecule has 2 N–H and O–H groups in total. The van der Waals surface area contributed by atoms with E-state index in [1.54, 1.807) is 24.5 Å². The lowest BCUT2D eigenvalue weighted by atomic mass is 10.1. The summed E-state index contributed by atoms with van der Waals surface area (Å²) in [6.07, 6.45) is 1.63. The standard InChI is InChI=1S/C16H14FNO2/c17-14-3-1-2-4-15(14)19-9-12-10-20-16-7-11(8-18)5-6-13(12)16/h1-7,10H,8-9,18H2. The van der Waals surface area contributed by atoms with Crippen LogP contribution in [0.2, 0.25) is 0 Å². The fourth-order valence-corrected chi connectivity index (χ4v) is 2.08. The summed E-state index contributed by atoms with van der Waals surface area (Å²) in [4.78, 5) is 0. The molecule has 1 heterocycles. The van der Waals surface area contributed by atoms with E-state index in [1.807, 2.05) is 18.2 Å². The van der Waals surface area contributed by atoms with Gasteiger partial charge in [0.2, 0.25) is 0 Å². The Morgan fingerprint density at radius 2 is 2.00 bits per heavy atom. The average molecular weight is 271 g/mol. The molecular weight excluding hydrogens is 257 g/mol. The number of benzene rings is 2. The van der Waals surface area contributed by atoms with Gasteiger partial charge < -0.3 is 14.9 Å². The smallest absolute Gasteiger partial charge is 0.165 e. The highest BCUT2D eigenvalue weighted by Gasteiger charge is 2.08. The molecule has 3 nitrogen and oxygen atoms in total. The minimum absolute atomic E-state index is 0.237. The van der Waals surface area contributed by atoms with E-state index >= 15 is 0 Å². The number of ether oxygens (including phenoxy) is 1. The van der Waals surface area contributed by atoms with Crippen LogP contribution in [0.15, 0.2) is 53.1 Å². The molecule has 0 radical (unpaired) electrons. The van der Waals surface area contributed by atoms with E-state index in [1.165, 1.54) is 6.07 Å². The molecule has 0 aliphatic carbocycles. The van der Waals surface area contributed by atoms with Gasteiger partial charge in [-0.3, -0.25) is 0 Å². The van der Waals surface area contributed by atoms with E-state index < -0.39 is 0 Å². The van der Waals surface area contributed by atoms with Crippen LogP contribution in [-0.4, -0.2) is 0 Å². The van der Waals surface area contributed by atoms with Crippen LogP contribution in [0.4, 0.5) is 4.39 Å². The molecular formula is C16H14FNO2. The molecule has 3 rings (SSSR count). The van der Waals surface area contributed by atoms with Crippen LogP contribution in [0.3, 0.4) is 0 Å². The molecule has 4 heteroatoms. The Kier molecular flexibility index (Phi) is 3.39. The zero-order valence-electron chi connectivity index (χ0n) is 10.8.